The Balaban J connectivity index is 2.04. The molecule has 1 aromatic carbocycles. The highest BCUT2D eigenvalue weighted by Gasteiger charge is 2.33. The summed E-state index contributed by atoms with van der Waals surface area (Å²) in [7, 11) is 0. The molecular weight excluding hydrogens is 264 g/mol. The van der Waals surface area contributed by atoms with E-state index in [9.17, 15) is 4.79 Å². The number of carbonyl (C=O) groups is 1. The van der Waals surface area contributed by atoms with Crippen LogP contribution in [0.25, 0.3) is 0 Å². The number of nitrogens with one attached hydrogen (secondary N) is 2. The van der Waals surface area contributed by atoms with Gasteiger partial charge in [-0.15, -0.1) is 0 Å². The summed E-state index contributed by atoms with van der Waals surface area (Å²) in [5.74, 6) is -0.216. The maximum Gasteiger partial charge on any atom is 0.231 e. The summed E-state index contributed by atoms with van der Waals surface area (Å²) < 4.78 is 5.37. The van der Waals surface area contributed by atoms with Crippen LogP contribution in [0.3, 0.4) is 0 Å². The summed E-state index contributed by atoms with van der Waals surface area (Å²) in [6, 6.07) is 5.67. The molecule has 19 heavy (non-hydrogen) atoms. The first-order valence-corrected chi connectivity index (χ1v) is 6.87. The van der Waals surface area contributed by atoms with Crippen molar-refractivity contribution in [1.29, 1.82) is 0 Å². The lowest BCUT2D eigenvalue weighted by atomic mass is 10.0. The molecule has 1 saturated heterocycles. The van der Waals surface area contributed by atoms with Gasteiger partial charge in [-0.25, -0.2) is 0 Å². The topological polar surface area (TPSA) is 50.4 Å². The highest BCUT2D eigenvalue weighted by Crippen LogP contribution is 2.24. The average molecular weight is 283 g/mol. The molecule has 0 aromatic heterocycles. The molecule has 4 nitrogen and oxygen atoms in total. The fourth-order valence-corrected chi connectivity index (χ4v) is 2.51. The minimum absolute atomic E-state index is 0.0470. The van der Waals surface area contributed by atoms with E-state index in [0.29, 0.717) is 23.9 Å². The molecule has 0 aliphatic carbocycles. The largest absolute Gasteiger partial charge is 0.379 e. The monoisotopic (exact) mass is 282 g/mol. The molecular formula is C14H19ClN2O2. The Morgan fingerprint density at radius 1 is 1.47 bits per heavy atom. The minimum Gasteiger partial charge on any atom is -0.379 e. The van der Waals surface area contributed by atoms with Crippen LogP contribution in [0, 0.1) is 12.8 Å². The molecule has 0 saturated carbocycles. The zero-order valence-corrected chi connectivity index (χ0v) is 12.0. The Morgan fingerprint density at radius 2 is 2.26 bits per heavy atom. The van der Waals surface area contributed by atoms with E-state index in [1.165, 1.54) is 0 Å². The number of benzene rings is 1. The van der Waals surface area contributed by atoms with E-state index in [1.54, 1.807) is 0 Å². The standard InChI is InChI=1S/C14H19ClN2O2/c1-3-16-13-8-19-7-10(13)14(18)17-12-5-4-9(2)6-11(12)15/h4-6,10,13,16H,3,7-8H2,1-2H3,(H,17,18). The van der Waals surface area contributed by atoms with Crippen LogP contribution in [0.15, 0.2) is 18.2 Å². The van der Waals surface area contributed by atoms with E-state index in [1.807, 2.05) is 32.0 Å². The summed E-state index contributed by atoms with van der Waals surface area (Å²) >= 11 is 6.12. The van der Waals surface area contributed by atoms with Gasteiger partial charge in [0, 0.05) is 6.04 Å². The predicted molar refractivity (Wildman–Crippen MR) is 76.6 cm³/mol. The number of carbonyl (C=O) groups excluding carboxylic acids is 1. The highest BCUT2D eigenvalue weighted by molar-refractivity contribution is 6.33. The van der Waals surface area contributed by atoms with Crippen LogP contribution in [0.1, 0.15) is 12.5 Å². The summed E-state index contributed by atoms with van der Waals surface area (Å²) in [6.07, 6.45) is 0. The van der Waals surface area contributed by atoms with Crippen molar-refractivity contribution in [3.63, 3.8) is 0 Å². The number of aryl methyl sites for hydroxylation is 1. The third-order valence-corrected chi connectivity index (χ3v) is 3.58. The van der Waals surface area contributed by atoms with Crippen molar-refractivity contribution < 1.29 is 9.53 Å². The molecule has 2 unspecified atom stereocenters. The van der Waals surface area contributed by atoms with Crippen molar-refractivity contribution in [2.75, 3.05) is 25.1 Å². The van der Waals surface area contributed by atoms with Crippen molar-refractivity contribution in [2.24, 2.45) is 5.92 Å². The molecule has 0 radical (unpaired) electrons. The number of amides is 1. The second-order valence-electron chi connectivity index (χ2n) is 4.78. The molecule has 104 valence electrons. The normalized spacial score (nSPS) is 22.5. The zero-order chi connectivity index (χ0) is 13.8. The number of ether oxygens (including phenoxy) is 1. The molecule has 0 spiro atoms. The van der Waals surface area contributed by atoms with Crippen LogP contribution in [-0.4, -0.2) is 31.7 Å². The minimum atomic E-state index is -0.169. The molecule has 2 N–H and O–H groups in total. The quantitative estimate of drug-likeness (QED) is 0.890. The lowest BCUT2D eigenvalue weighted by molar-refractivity contribution is -0.120. The van der Waals surface area contributed by atoms with Crippen molar-refractivity contribution in [2.45, 2.75) is 19.9 Å². The Hall–Kier alpha value is -1.10. The lowest BCUT2D eigenvalue weighted by Crippen LogP contribution is -2.41. The van der Waals surface area contributed by atoms with Gasteiger partial charge in [0.05, 0.1) is 29.8 Å². The summed E-state index contributed by atoms with van der Waals surface area (Å²) in [5.41, 5.74) is 1.72. The van der Waals surface area contributed by atoms with Crippen LogP contribution >= 0.6 is 11.6 Å². The number of hydrogen-bond donors (Lipinski definition) is 2. The molecule has 5 heteroatoms. The zero-order valence-electron chi connectivity index (χ0n) is 11.2. The summed E-state index contributed by atoms with van der Waals surface area (Å²) in [6.45, 7) is 5.83. The van der Waals surface area contributed by atoms with Gasteiger partial charge in [-0.3, -0.25) is 4.79 Å². The van der Waals surface area contributed by atoms with Crippen LogP contribution in [0.5, 0.6) is 0 Å². The Kier molecular flexibility index (Phi) is 4.80. The Morgan fingerprint density at radius 3 is 2.95 bits per heavy atom. The second-order valence-corrected chi connectivity index (χ2v) is 5.19. The third kappa shape index (κ3) is 3.47. The van der Waals surface area contributed by atoms with Gasteiger partial charge in [-0.05, 0) is 31.2 Å². The lowest BCUT2D eigenvalue weighted by Gasteiger charge is -2.18. The number of hydrogen-bond acceptors (Lipinski definition) is 3. The smallest absolute Gasteiger partial charge is 0.231 e. The van der Waals surface area contributed by atoms with Crippen LogP contribution in [-0.2, 0) is 9.53 Å². The van der Waals surface area contributed by atoms with Gasteiger partial charge in [0.25, 0.3) is 0 Å². The van der Waals surface area contributed by atoms with Gasteiger partial charge < -0.3 is 15.4 Å². The van der Waals surface area contributed by atoms with E-state index >= 15 is 0 Å². The van der Waals surface area contributed by atoms with E-state index in [-0.39, 0.29) is 17.9 Å². The number of halogens is 1. The van der Waals surface area contributed by atoms with Crippen LogP contribution < -0.4 is 10.6 Å². The average Bonchev–Trinajstić information content (AvgIpc) is 2.81. The fraction of sp³-hybridized carbons (Fsp3) is 0.500. The molecule has 1 aromatic rings. The van der Waals surface area contributed by atoms with Gasteiger partial charge in [0.1, 0.15) is 0 Å². The highest BCUT2D eigenvalue weighted by atomic mass is 35.5. The van der Waals surface area contributed by atoms with E-state index in [2.05, 4.69) is 10.6 Å². The summed E-state index contributed by atoms with van der Waals surface area (Å²) in [5, 5.41) is 6.71. The third-order valence-electron chi connectivity index (χ3n) is 3.27. The number of anilines is 1. The first-order valence-electron chi connectivity index (χ1n) is 6.50. The van der Waals surface area contributed by atoms with Crippen molar-refractivity contribution in [3.05, 3.63) is 28.8 Å². The van der Waals surface area contributed by atoms with Crippen molar-refractivity contribution in [3.8, 4) is 0 Å². The molecule has 1 fully saturated rings. The second kappa shape index (κ2) is 6.37. The predicted octanol–water partition coefficient (Wildman–Crippen LogP) is 2.21. The van der Waals surface area contributed by atoms with Gasteiger partial charge in [-0.1, -0.05) is 24.6 Å². The molecule has 1 aliphatic rings. The Bertz CT molecular complexity index is 465. The maximum atomic E-state index is 12.2. The number of likely N-dealkylation sites (N-methyl/N-ethyl adjacent to an activating group) is 1. The van der Waals surface area contributed by atoms with Crippen LogP contribution in [0.4, 0.5) is 5.69 Å². The molecule has 1 heterocycles. The van der Waals surface area contributed by atoms with Gasteiger partial charge in [0.2, 0.25) is 5.91 Å². The molecule has 0 bridgehead atoms. The van der Waals surface area contributed by atoms with E-state index < -0.39 is 0 Å². The first kappa shape index (κ1) is 14.3. The molecule has 1 aliphatic heterocycles. The van der Waals surface area contributed by atoms with E-state index in [0.717, 1.165) is 12.1 Å². The van der Waals surface area contributed by atoms with Crippen LogP contribution in [0.2, 0.25) is 5.02 Å². The maximum absolute atomic E-state index is 12.2. The van der Waals surface area contributed by atoms with E-state index in [4.69, 9.17) is 16.3 Å². The first-order chi connectivity index (χ1) is 9.11. The fourth-order valence-electron chi connectivity index (χ4n) is 2.22. The van der Waals surface area contributed by atoms with Gasteiger partial charge in [-0.2, -0.15) is 0 Å². The van der Waals surface area contributed by atoms with Gasteiger partial charge in [0.15, 0.2) is 0 Å². The number of rotatable bonds is 4. The Labute approximate surface area is 118 Å². The van der Waals surface area contributed by atoms with Crippen molar-refractivity contribution in [1.82, 2.24) is 5.32 Å². The SMILES string of the molecule is CCNC1COCC1C(=O)Nc1ccc(C)cc1Cl. The molecule has 1 amide bonds. The summed E-state index contributed by atoms with van der Waals surface area (Å²) in [4.78, 5) is 12.2. The molecule has 2 rings (SSSR count). The molecule has 2 atom stereocenters. The van der Waals surface area contributed by atoms with Crippen molar-refractivity contribution >= 4 is 23.2 Å². The van der Waals surface area contributed by atoms with Gasteiger partial charge >= 0.3 is 0 Å².